The SMILES string of the molecule is CC(C)(C)OC(=O)N[C@H]1CCCCC/C=C\[C@@H]2C[C@@]2(C(=O)NS(=O)(=O)C2CC2)NC(=O)[C@@H]2C[C@@H](Oc3nc4ccccc4nc3Cl)CN2C1=O. The van der Waals surface area contributed by atoms with Crippen molar-refractivity contribution in [3.8, 4) is 5.88 Å². The quantitative estimate of drug-likeness (QED) is 0.372. The Morgan fingerprint density at radius 2 is 1.78 bits per heavy atom. The minimum atomic E-state index is -3.89. The second-order valence-electron chi connectivity index (χ2n) is 14.5. The number of fused-ring (bicyclic) bond motifs is 3. The molecule has 0 radical (unpaired) electrons. The number of hydrogen-bond donors (Lipinski definition) is 3. The van der Waals surface area contributed by atoms with E-state index in [1.165, 1.54) is 4.90 Å². The standard InChI is InChI=1S/C34H43ClN6O8S/c1-33(2,3)49-32(45)38-25-14-8-6-4-5-7-11-20-18-34(20,31(44)40-50(46,47)22-15-16-22)39-28(42)26-17-21(19-41(26)30(25)43)48-29-27(35)36-23-12-9-10-13-24(23)37-29/h7,9-13,20-22,25-26H,4-6,8,14-19H2,1-3H3,(H,38,45)(H,39,42)(H,40,44)/b11-7-/t20-,21-,25+,26+,34-/m1/s1. The maximum atomic E-state index is 14.3. The molecule has 2 saturated carbocycles. The minimum absolute atomic E-state index is 0.000143. The summed E-state index contributed by atoms with van der Waals surface area (Å²) >= 11 is 6.44. The Kier molecular flexibility index (Phi) is 10.0. The Labute approximate surface area is 296 Å². The van der Waals surface area contributed by atoms with Crippen molar-refractivity contribution in [2.75, 3.05) is 6.54 Å². The highest BCUT2D eigenvalue weighted by Gasteiger charge is 2.62. The number of halogens is 1. The lowest BCUT2D eigenvalue weighted by molar-refractivity contribution is -0.141. The van der Waals surface area contributed by atoms with Crippen LogP contribution < -0.4 is 20.1 Å². The van der Waals surface area contributed by atoms with E-state index in [9.17, 15) is 27.6 Å². The summed E-state index contributed by atoms with van der Waals surface area (Å²) in [6.07, 6.45) is 6.53. The van der Waals surface area contributed by atoms with E-state index < -0.39 is 74.3 Å². The van der Waals surface area contributed by atoms with Gasteiger partial charge in [0.2, 0.25) is 21.8 Å². The van der Waals surface area contributed by atoms with Crippen LogP contribution in [0.3, 0.4) is 0 Å². The molecule has 2 aliphatic heterocycles. The van der Waals surface area contributed by atoms with Crippen molar-refractivity contribution in [3.05, 3.63) is 41.6 Å². The number of allylic oxidation sites excluding steroid dienone is 1. The third-order valence-electron chi connectivity index (χ3n) is 9.31. The van der Waals surface area contributed by atoms with Crippen LogP contribution in [0.5, 0.6) is 5.88 Å². The Hall–Kier alpha value is -3.98. The second kappa shape index (κ2) is 14.0. The minimum Gasteiger partial charge on any atom is -0.470 e. The first-order valence-electron chi connectivity index (χ1n) is 17.1. The first-order chi connectivity index (χ1) is 23.6. The van der Waals surface area contributed by atoms with Gasteiger partial charge in [0.1, 0.15) is 29.3 Å². The van der Waals surface area contributed by atoms with Gasteiger partial charge < -0.3 is 25.0 Å². The lowest BCUT2D eigenvalue weighted by Gasteiger charge is -2.30. The highest BCUT2D eigenvalue weighted by Crippen LogP contribution is 2.46. The predicted molar refractivity (Wildman–Crippen MR) is 184 cm³/mol. The van der Waals surface area contributed by atoms with Gasteiger partial charge in [-0.2, -0.15) is 0 Å². The predicted octanol–water partition coefficient (Wildman–Crippen LogP) is 3.53. The third-order valence-corrected chi connectivity index (χ3v) is 11.4. The smallest absolute Gasteiger partial charge is 0.408 e. The van der Waals surface area contributed by atoms with Crippen molar-refractivity contribution >= 4 is 56.5 Å². The molecule has 6 rings (SSSR count). The number of carbonyl (C=O) groups excluding carboxylic acids is 4. The number of alkyl carbamates (subject to hydrolysis) is 1. The van der Waals surface area contributed by atoms with Gasteiger partial charge in [-0.15, -0.1) is 0 Å². The molecule has 4 aliphatic rings. The zero-order valence-corrected chi connectivity index (χ0v) is 29.9. The lowest BCUT2D eigenvalue weighted by atomic mass is 10.0. The Balaban J connectivity index is 1.30. The number of ether oxygens (including phenoxy) is 2. The molecule has 0 spiro atoms. The van der Waals surface area contributed by atoms with Gasteiger partial charge in [0, 0.05) is 12.3 Å². The Morgan fingerprint density at radius 1 is 1.06 bits per heavy atom. The zero-order chi connectivity index (χ0) is 35.8. The molecule has 1 aromatic carbocycles. The normalized spacial score (nSPS) is 28.3. The Bertz CT molecular complexity index is 1810. The topological polar surface area (TPSA) is 186 Å². The summed E-state index contributed by atoms with van der Waals surface area (Å²) in [5, 5.41) is 4.92. The van der Waals surface area contributed by atoms with Gasteiger partial charge in [-0.3, -0.25) is 19.1 Å². The highest BCUT2D eigenvalue weighted by atomic mass is 35.5. The van der Waals surface area contributed by atoms with E-state index in [2.05, 4.69) is 25.3 Å². The highest BCUT2D eigenvalue weighted by molar-refractivity contribution is 7.91. The number of benzene rings is 1. The molecule has 16 heteroatoms. The van der Waals surface area contributed by atoms with Crippen LogP contribution in [-0.4, -0.2) is 88.2 Å². The van der Waals surface area contributed by atoms with E-state index in [1.807, 2.05) is 12.2 Å². The number of hydrogen-bond acceptors (Lipinski definition) is 10. The van der Waals surface area contributed by atoms with Gasteiger partial charge in [0.15, 0.2) is 5.15 Å². The molecule has 1 saturated heterocycles. The van der Waals surface area contributed by atoms with Gasteiger partial charge in [-0.1, -0.05) is 48.7 Å². The van der Waals surface area contributed by atoms with E-state index in [-0.39, 0.29) is 30.4 Å². The number of amides is 4. The van der Waals surface area contributed by atoms with Crippen LogP contribution >= 0.6 is 11.6 Å². The molecule has 2 aliphatic carbocycles. The van der Waals surface area contributed by atoms with Crippen molar-refractivity contribution in [1.82, 2.24) is 30.2 Å². The first kappa shape index (κ1) is 35.8. The van der Waals surface area contributed by atoms with E-state index >= 15 is 0 Å². The van der Waals surface area contributed by atoms with E-state index in [0.717, 1.165) is 12.8 Å². The molecule has 2 aromatic rings. The third kappa shape index (κ3) is 8.14. The van der Waals surface area contributed by atoms with Crippen LogP contribution in [0.4, 0.5) is 4.79 Å². The Morgan fingerprint density at radius 3 is 2.48 bits per heavy atom. The van der Waals surface area contributed by atoms with Crippen LogP contribution in [0, 0.1) is 5.92 Å². The summed E-state index contributed by atoms with van der Waals surface area (Å²) in [4.78, 5) is 65.2. The van der Waals surface area contributed by atoms with Gasteiger partial charge in [-0.25, -0.2) is 23.2 Å². The monoisotopic (exact) mass is 730 g/mol. The van der Waals surface area contributed by atoms with Gasteiger partial charge in [0.25, 0.3) is 11.8 Å². The molecule has 0 unspecified atom stereocenters. The largest absolute Gasteiger partial charge is 0.470 e. The molecule has 0 bridgehead atoms. The summed E-state index contributed by atoms with van der Waals surface area (Å²) < 4.78 is 39.3. The number of rotatable bonds is 6. The van der Waals surface area contributed by atoms with Gasteiger partial charge in [-0.05, 0) is 71.4 Å². The summed E-state index contributed by atoms with van der Waals surface area (Å²) in [7, 11) is -3.89. The van der Waals surface area contributed by atoms with Crippen molar-refractivity contribution in [1.29, 1.82) is 0 Å². The maximum Gasteiger partial charge on any atom is 0.408 e. The molecule has 14 nitrogen and oxygen atoms in total. The number of carbonyl (C=O) groups is 4. The molecule has 3 fully saturated rings. The van der Waals surface area contributed by atoms with Crippen LogP contribution in [0.2, 0.25) is 5.15 Å². The molecule has 270 valence electrons. The second-order valence-corrected chi connectivity index (χ2v) is 16.8. The lowest BCUT2D eigenvalue weighted by Crippen LogP contribution is -2.58. The summed E-state index contributed by atoms with van der Waals surface area (Å²) in [6, 6.07) is 4.96. The van der Waals surface area contributed by atoms with Gasteiger partial charge >= 0.3 is 6.09 Å². The molecular formula is C34H43ClN6O8S. The van der Waals surface area contributed by atoms with E-state index in [0.29, 0.717) is 43.1 Å². The number of nitrogens with zero attached hydrogens (tertiary/aromatic N) is 3. The number of sulfonamides is 1. The summed E-state index contributed by atoms with van der Waals surface area (Å²) in [6.45, 7) is 5.09. The maximum absolute atomic E-state index is 14.3. The molecule has 3 heterocycles. The first-order valence-corrected chi connectivity index (χ1v) is 19.0. The zero-order valence-electron chi connectivity index (χ0n) is 28.3. The molecule has 4 amide bonds. The molecule has 1 aromatic heterocycles. The fraction of sp³-hybridized carbons (Fsp3) is 0.588. The fourth-order valence-corrected chi connectivity index (χ4v) is 8.03. The van der Waals surface area contributed by atoms with Crippen molar-refractivity contribution in [2.24, 2.45) is 5.92 Å². The van der Waals surface area contributed by atoms with Crippen molar-refractivity contribution < 1.29 is 37.1 Å². The molecule has 5 atom stereocenters. The summed E-state index contributed by atoms with van der Waals surface area (Å²) in [5.74, 6) is -2.38. The fourth-order valence-electron chi connectivity index (χ4n) is 6.49. The van der Waals surface area contributed by atoms with Crippen LogP contribution in [-0.2, 0) is 29.1 Å². The van der Waals surface area contributed by atoms with Crippen LogP contribution in [0.1, 0.15) is 78.6 Å². The molecule has 3 N–H and O–H groups in total. The van der Waals surface area contributed by atoms with Crippen LogP contribution in [0.25, 0.3) is 11.0 Å². The van der Waals surface area contributed by atoms with E-state index in [1.54, 1.807) is 45.0 Å². The average Bonchev–Trinajstić information content (AvgIpc) is 3.96. The summed E-state index contributed by atoms with van der Waals surface area (Å²) in [5.41, 5.74) is -1.21. The van der Waals surface area contributed by atoms with E-state index in [4.69, 9.17) is 21.1 Å². The molecule has 50 heavy (non-hydrogen) atoms. The van der Waals surface area contributed by atoms with Gasteiger partial charge in [0.05, 0.1) is 22.8 Å². The van der Waals surface area contributed by atoms with Crippen molar-refractivity contribution in [3.63, 3.8) is 0 Å². The van der Waals surface area contributed by atoms with Crippen molar-refractivity contribution in [2.45, 2.75) is 113 Å². The average molecular weight is 731 g/mol. The molecular weight excluding hydrogens is 688 g/mol. The number of nitrogens with one attached hydrogen (secondary N) is 3. The number of para-hydroxylation sites is 2. The number of aromatic nitrogens is 2. The van der Waals surface area contributed by atoms with Crippen LogP contribution in [0.15, 0.2) is 36.4 Å².